The second-order valence-corrected chi connectivity index (χ2v) is 7.01. The van der Waals surface area contributed by atoms with E-state index in [4.69, 9.17) is 10.2 Å². The van der Waals surface area contributed by atoms with Gasteiger partial charge in [0.2, 0.25) is 11.8 Å². The molecule has 6 N–H and O–H groups in total. The number of hydrogen-bond acceptors (Lipinski definition) is 6. The SMILES string of the molecule is O=C(O)NCCC(=O)NCCSSCCNC(=O)CCNC(=O)O. The zero-order valence-electron chi connectivity index (χ0n) is 13.0. The van der Waals surface area contributed by atoms with Gasteiger partial charge in [0.15, 0.2) is 0 Å². The van der Waals surface area contributed by atoms with E-state index in [9.17, 15) is 19.2 Å². The minimum atomic E-state index is -1.15. The molecule has 138 valence electrons. The van der Waals surface area contributed by atoms with Crippen molar-refractivity contribution in [3.63, 3.8) is 0 Å². The van der Waals surface area contributed by atoms with Crippen LogP contribution in [0.2, 0.25) is 0 Å². The van der Waals surface area contributed by atoms with Gasteiger partial charge in [0.05, 0.1) is 0 Å². The van der Waals surface area contributed by atoms with Crippen LogP contribution in [0, 0.1) is 0 Å². The molecule has 0 aromatic heterocycles. The molecule has 24 heavy (non-hydrogen) atoms. The van der Waals surface area contributed by atoms with Gasteiger partial charge >= 0.3 is 12.2 Å². The fraction of sp³-hybridized carbons (Fsp3) is 0.667. The van der Waals surface area contributed by atoms with Crippen molar-refractivity contribution in [1.29, 1.82) is 0 Å². The lowest BCUT2D eigenvalue weighted by Gasteiger charge is -2.06. The third-order valence-corrected chi connectivity index (χ3v) is 4.76. The molecule has 0 aliphatic heterocycles. The molecule has 0 rings (SSSR count). The molecule has 12 heteroatoms. The summed E-state index contributed by atoms with van der Waals surface area (Å²) in [6.45, 7) is 1.14. The van der Waals surface area contributed by atoms with E-state index >= 15 is 0 Å². The van der Waals surface area contributed by atoms with Gasteiger partial charge < -0.3 is 31.5 Å². The molecule has 0 unspecified atom stereocenters. The average molecular weight is 382 g/mol. The van der Waals surface area contributed by atoms with Gasteiger partial charge in [-0.15, -0.1) is 0 Å². The Hall–Kier alpha value is -1.82. The van der Waals surface area contributed by atoms with Crippen molar-refractivity contribution in [1.82, 2.24) is 21.3 Å². The summed E-state index contributed by atoms with van der Waals surface area (Å²) < 4.78 is 0. The zero-order valence-corrected chi connectivity index (χ0v) is 14.6. The van der Waals surface area contributed by atoms with Crippen LogP contribution in [0.5, 0.6) is 0 Å². The molecule has 0 atom stereocenters. The highest BCUT2D eigenvalue weighted by atomic mass is 33.1. The van der Waals surface area contributed by atoms with E-state index in [1.807, 2.05) is 0 Å². The van der Waals surface area contributed by atoms with Gasteiger partial charge in [-0.2, -0.15) is 0 Å². The van der Waals surface area contributed by atoms with E-state index in [2.05, 4.69) is 21.3 Å². The Labute approximate surface area is 147 Å². The highest BCUT2D eigenvalue weighted by Gasteiger charge is 2.03. The Morgan fingerprint density at radius 3 is 1.33 bits per heavy atom. The largest absolute Gasteiger partial charge is 0.465 e. The van der Waals surface area contributed by atoms with Crippen molar-refractivity contribution in [3.05, 3.63) is 0 Å². The quantitative estimate of drug-likeness (QED) is 0.191. The highest BCUT2D eigenvalue weighted by Crippen LogP contribution is 2.19. The predicted octanol–water partition coefficient (Wildman–Crippen LogP) is -0.0844. The number of carboxylic acid groups (broad SMARTS) is 2. The standard InChI is InChI=1S/C12H22N4O6S2/c17-9(1-3-15-11(19)20)13-5-7-23-24-8-6-14-10(18)2-4-16-12(21)22/h15-16H,1-8H2,(H,13,17)(H,14,18)(H,19,20)(H,21,22). The van der Waals surface area contributed by atoms with E-state index in [0.717, 1.165) is 0 Å². The first kappa shape index (κ1) is 22.2. The van der Waals surface area contributed by atoms with Crippen molar-refractivity contribution < 1.29 is 29.4 Å². The Morgan fingerprint density at radius 2 is 1.00 bits per heavy atom. The molecule has 0 aromatic carbocycles. The minimum Gasteiger partial charge on any atom is -0.465 e. The lowest BCUT2D eigenvalue weighted by atomic mass is 10.4. The van der Waals surface area contributed by atoms with Crippen molar-refractivity contribution in [2.45, 2.75) is 12.8 Å². The molecule has 0 heterocycles. The smallest absolute Gasteiger partial charge is 0.404 e. The molecule has 0 aliphatic rings. The van der Waals surface area contributed by atoms with Crippen molar-refractivity contribution >= 4 is 45.6 Å². The first-order chi connectivity index (χ1) is 11.4. The van der Waals surface area contributed by atoms with Crippen LogP contribution in [0.25, 0.3) is 0 Å². The van der Waals surface area contributed by atoms with Crippen LogP contribution in [0.3, 0.4) is 0 Å². The van der Waals surface area contributed by atoms with Crippen LogP contribution in [-0.4, -0.2) is 71.9 Å². The van der Waals surface area contributed by atoms with Crippen LogP contribution >= 0.6 is 21.6 Å². The van der Waals surface area contributed by atoms with Gasteiger partial charge in [-0.25, -0.2) is 9.59 Å². The second kappa shape index (κ2) is 14.8. The van der Waals surface area contributed by atoms with Crippen molar-refractivity contribution in [2.24, 2.45) is 0 Å². The third kappa shape index (κ3) is 16.5. The molecule has 0 bridgehead atoms. The summed E-state index contributed by atoms with van der Waals surface area (Å²) >= 11 is 0. The van der Waals surface area contributed by atoms with Gasteiger partial charge in [0.25, 0.3) is 0 Å². The van der Waals surface area contributed by atoms with Crippen LogP contribution < -0.4 is 21.3 Å². The highest BCUT2D eigenvalue weighted by molar-refractivity contribution is 8.76. The molecule has 10 nitrogen and oxygen atoms in total. The van der Waals surface area contributed by atoms with Crippen LogP contribution in [0.15, 0.2) is 0 Å². The lowest BCUT2D eigenvalue weighted by molar-refractivity contribution is -0.121. The molecule has 0 aliphatic carbocycles. The fourth-order valence-electron chi connectivity index (χ4n) is 1.32. The summed E-state index contributed by atoms with van der Waals surface area (Å²) in [7, 11) is 3.10. The van der Waals surface area contributed by atoms with Crippen LogP contribution in [0.4, 0.5) is 9.59 Å². The Balaban J connectivity index is 3.32. The molecule has 0 fully saturated rings. The van der Waals surface area contributed by atoms with Crippen LogP contribution in [0.1, 0.15) is 12.8 Å². The average Bonchev–Trinajstić information content (AvgIpc) is 2.49. The number of nitrogens with one attached hydrogen (secondary N) is 4. The molecule has 0 spiro atoms. The van der Waals surface area contributed by atoms with Gasteiger partial charge in [0, 0.05) is 50.5 Å². The van der Waals surface area contributed by atoms with Gasteiger partial charge in [0.1, 0.15) is 0 Å². The van der Waals surface area contributed by atoms with Gasteiger partial charge in [-0.1, -0.05) is 21.6 Å². The number of carbonyl (C=O) groups is 4. The third-order valence-electron chi connectivity index (χ3n) is 2.36. The molecular formula is C12H22N4O6S2. The van der Waals surface area contributed by atoms with Gasteiger partial charge in [-0.3, -0.25) is 9.59 Å². The first-order valence-electron chi connectivity index (χ1n) is 7.13. The summed E-state index contributed by atoms with van der Waals surface area (Å²) in [6.07, 6.45) is -2.10. The lowest BCUT2D eigenvalue weighted by Crippen LogP contribution is -2.31. The number of amides is 4. The van der Waals surface area contributed by atoms with E-state index in [0.29, 0.717) is 24.6 Å². The van der Waals surface area contributed by atoms with Crippen LogP contribution in [-0.2, 0) is 9.59 Å². The van der Waals surface area contributed by atoms with E-state index in [1.54, 1.807) is 21.6 Å². The van der Waals surface area contributed by atoms with E-state index < -0.39 is 12.2 Å². The monoisotopic (exact) mass is 382 g/mol. The summed E-state index contributed by atoms with van der Waals surface area (Å²) in [5, 5.41) is 26.2. The first-order valence-corrected chi connectivity index (χ1v) is 9.62. The zero-order chi connectivity index (χ0) is 18.2. The number of carbonyl (C=O) groups excluding carboxylic acids is 2. The molecule has 0 saturated carbocycles. The summed E-state index contributed by atoms with van der Waals surface area (Å²) in [6, 6.07) is 0. The summed E-state index contributed by atoms with van der Waals surface area (Å²) in [5.74, 6) is 0.964. The molecule has 4 amide bonds. The molecular weight excluding hydrogens is 360 g/mol. The van der Waals surface area contributed by atoms with Crippen molar-refractivity contribution in [3.8, 4) is 0 Å². The molecule has 0 aromatic rings. The predicted molar refractivity (Wildman–Crippen MR) is 92.2 cm³/mol. The Kier molecular flexibility index (Phi) is 13.6. The Bertz CT molecular complexity index is 386. The molecule has 0 radical (unpaired) electrons. The summed E-state index contributed by atoms with van der Waals surface area (Å²) in [4.78, 5) is 43.0. The Morgan fingerprint density at radius 1 is 0.625 bits per heavy atom. The maximum Gasteiger partial charge on any atom is 0.404 e. The minimum absolute atomic E-state index is 0.0880. The van der Waals surface area contributed by atoms with E-state index in [-0.39, 0.29) is 37.7 Å². The topological polar surface area (TPSA) is 157 Å². The second-order valence-electron chi connectivity index (χ2n) is 4.31. The molecule has 0 saturated heterocycles. The van der Waals surface area contributed by atoms with Crippen molar-refractivity contribution in [2.75, 3.05) is 37.7 Å². The van der Waals surface area contributed by atoms with E-state index in [1.165, 1.54) is 0 Å². The maximum absolute atomic E-state index is 11.3. The normalized spacial score (nSPS) is 9.83. The fourth-order valence-corrected chi connectivity index (χ4v) is 3.14. The number of rotatable bonds is 13. The maximum atomic E-state index is 11.3. The number of hydrogen-bond donors (Lipinski definition) is 6. The van der Waals surface area contributed by atoms with Gasteiger partial charge in [-0.05, 0) is 0 Å². The summed E-state index contributed by atoms with van der Waals surface area (Å²) in [5.41, 5.74) is 0.